The van der Waals surface area contributed by atoms with Gasteiger partial charge >= 0.3 is 12.1 Å². The summed E-state index contributed by atoms with van der Waals surface area (Å²) >= 11 is 0. The fourth-order valence-electron chi connectivity index (χ4n) is 6.24. The Morgan fingerprint density at radius 1 is 0.784 bits per heavy atom. The van der Waals surface area contributed by atoms with Gasteiger partial charge < -0.3 is 35.0 Å². The van der Waals surface area contributed by atoms with Gasteiger partial charge in [-0.1, -0.05) is 72.8 Å². The molecule has 0 radical (unpaired) electrons. The quantitative estimate of drug-likeness (QED) is 0.241. The van der Waals surface area contributed by atoms with Gasteiger partial charge in [-0.05, 0) is 62.4 Å². The van der Waals surface area contributed by atoms with Crippen LogP contribution in [-0.2, 0) is 43.2 Å². The van der Waals surface area contributed by atoms with Crippen LogP contribution in [0.5, 0.6) is 5.75 Å². The number of carbonyl (C=O) groups excluding carboxylic acids is 4. The first-order valence-corrected chi connectivity index (χ1v) is 17.1. The summed E-state index contributed by atoms with van der Waals surface area (Å²) < 4.78 is 5.47. The van der Waals surface area contributed by atoms with Crippen LogP contribution in [0.2, 0.25) is 0 Å². The SMILES string of the molecule is CN(C(=O)[C@H](Cc1ccc(O)cc1)NC(=O)OC(C)(C)C)[C@@H](Cc1ccccc1)C(=O)N(C)[C@@H](Cc1ccccc1)C(=O)N1CCC[C@H]1C(=O)O. The lowest BCUT2D eigenvalue weighted by Crippen LogP contribution is -2.59. The van der Waals surface area contributed by atoms with E-state index in [2.05, 4.69) is 5.32 Å². The summed E-state index contributed by atoms with van der Waals surface area (Å²) in [5.74, 6) is -2.65. The molecule has 12 heteroatoms. The summed E-state index contributed by atoms with van der Waals surface area (Å²) in [5.41, 5.74) is 1.34. The smallest absolute Gasteiger partial charge is 0.408 e. The number of amides is 4. The Bertz CT molecular complexity index is 1660. The summed E-state index contributed by atoms with van der Waals surface area (Å²) in [6.07, 6.45) is 0.286. The van der Waals surface area contributed by atoms with Gasteiger partial charge in [0, 0.05) is 39.9 Å². The number of carboxylic acids is 1. The normalized spacial score (nSPS) is 16.0. The first-order valence-electron chi connectivity index (χ1n) is 17.1. The van der Waals surface area contributed by atoms with E-state index >= 15 is 0 Å². The highest BCUT2D eigenvalue weighted by molar-refractivity contribution is 5.95. The van der Waals surface area contributed by atoms with Gasteiger partial charge in [-0.2, -0.15) is 0 Å². The second kappa shape index (κ2) is 17.0. The zero-order valence-electron chi connectivity index (χ0n) is 29.8. The number of carbonyl (C=O) groups is 5. The molecule has 0 aliphatic carbocycles. The summed E-state index contributed by atoms with van der Waals surface area (Å²) in [5, 5.41) is 22.4. The lowest BCUT2D eigenvalue weighted by atomic mass is 9.98. The summed E-state index contributed by atoms with van der Waals surface area (Å²) in [7, 11) is 2.99. The van der Waals surface area contributed by atoms with Crippen molar-refractivity contribution in [1.29, 1.82) is 0 Å². The van der Waals surface area contributed by atoms with E-state index in [1.165, 1.54) is 40.9 Å². The highest BCUT2D eigenvalue weighted by Gasteiger charge is 2.42. The van der Waals surface area contributed by atoms with Gasteiger partial charge in [-0.15, -0.1) is 0 Å². The van der Waals surface area contributed by atoms with Crippen molar-refractivity contribution >= 4 is 29.8 Å². The third kappa shape index (κ3) is 10.6. The number of rotatable bonds is 13. The highest BCUT2D eigenvalue weighted by atomic mass is 16.6. The Morgan fingerprint density at radius 2 is 1.29 bits per heavy atom. The molecule has 4 atom stereocenters. The Morgan fingerprint density at radius 3 is 1.82 bits per heavy atom. The predicted molar refractivity (Wildman–Crippen MR) is 191 cm³/mol. The molecule has 0 spiro atoms. The van der Waals surface area contributed by atoms with Crippen LogP contribution < -0.4 is 5.32 Å². The first-order chi connectivity index (χ1) is 24.1. The number of benzene rings is 3. The monoisotopic (exact) mass is 700 g/mol. The molecule has 0 aromatic heterocycles. The van der Waals surface area contributed by atoms with Crippen LogP contribution in [0.1, 0.15) is 50.3 Å². The number of nitrogens with one attached hydrogen (secondary N) is 1. The number of phenols is 1. The van der Waals surface area contributed by atoms with Gasteiger partial charge in [0.2, 0.25) is 17.7 Å². The Balaban J connectivity index is 1.70. The maximum Gasteiger partial charge on any atom is 0.408 e. The fraction of sp³-hybridized carbons (Fsp3) is 0.410. The van der Waals surface area contributed by atoms with Crippen molar-refractivity contribution in [2.75, 3.05) is 20.6 Å². The van der Waals surface area contributed by atoms with Crippen molar-refractivity contribution in [1.82, 2.24) is 20.0 Å². The van der Waals surface area contributed by atoms with Crippen molar-refractivity contribution in [3.8, 4) is 5.75 Å². The number of nitrogens with zero attached hydrogens (tertiary/aromatic N) is 3. The molecule has 3 aromatic rings. The second-order valence-electron chi connectivity index (χ2n) is 13.9. The molecule has 4 rings (SSSR count). The third-order valence-corrected chi connectivity index (χ3v) is 8.93. The number of ether oxygens (including phenoxy) is 1. The molecule has 12 nitrogen and oxygen atoms in total. The number of alkyl carbamates (subject to hydrolysis) is 1. The molecular weight excluding hydrogens is 652 g/mol. The van der Waals surface area contributed by atoms with E-state index in [0.29, 0.717) is 18.4 Å². The van der Waals surface area contributed by atoms with Crippen LogP contribution in [0.3, 0.4) is 0 Å². The minimum absolute atomic E-state index is 0.0332. The average molecular weight is 701 g/mol. The summed E-state index contributed by atoms with van der Waals surface area (Å²) in [4.78, 5) is 72.2. The fourth-order valence-corrected chi connectivity index (χ4v) is 6.24. The van der Waals surface area contributed by atoms with Crippen molar-refractivity contribution < 1.29 is 38.9 Å². The molecule has 1 saturated heterocycles. The predicted octanol–water partition coefficient (Wildman–Crippen LogP) is 4.04. The van der Waals surface area contributed by atoms with E-state index in [9.17, 15) is 34.2 Å². The molecule has 272 valence electrons. The van der Waals surface area contributed by atoms with Gasteiger partial charge in [0.1, 0.15) is 35.5 Å². The number of aliphatic carboxylic acids is 1. The van der Waals surface area contributed by atoms with Gasteiger partial charge in [-0.25, -0.2) is 9.59 Å². The number of phenolic OH excluding ortho intramolecular Hbond substituents is 1. The molecule has 1 heterocycles. The maximum atomic E-state index is 14.7. The standard InChI is InChI=1S/C39H48N4O8/c1-39(2,3)51-38(50)40-30(23-28-18-20-29(44)21-19-28)34(45)41(4)32(24-26-13-8-6-9-14-26)35(46)42(5)33(25-27-15-10-7-11-16-27)36(47)43-22-12-17-31(43)37(48)49/h6-11,13-16,18-21,30-33,44H,12,17,22-25H2,1-5H3,(H,40,50)(H,48,49)/t30-,31-,32-,33-/m0/s1. The topological polar surface area (TPSA) is 157 Å². The number of likely N-dealkylation sites (tertiary alicyclic amines) is 1. The number of carboxylic acid groups (broad SMARTS) is 1. The lowest BCUT2D eigenvalue weighted by molar-refractivity contribution is -0.154. The molecule has 4 amide bonds. The van der Waals surface area contributed by atoms with Gasteiger partial charge in [0.25, 0.3) is 0 Å². The Hall–Kier alpha value is -5.39. The van der Waals surface area contributed by atoms with Crippen molar-refractivity contribution in [2.45, 2.75) is 82.6 Å². The van der Waals surface area contributed by atoms with E-state index in [0.717, 1.165) is 11.1 Å². The molecule has 1 aliphatic rings. The molecule has 3 N–H and O–H groups in total. The van der Waals surface area contributed by atoms with Crippen LogP contribution in [-0.4, -0.2) is 105 Å². The number of hydrogen-bond donors (Lipinski definition) is 3. The van der Waals surface area contributed by atoms with Gasteiger partial charge in [-0.3, -0.25) is 14.4 Å². The summed E-state index contributed by atoms with van der Waals surface area (Å²) in [6.45, 7) is 5.36. The number of aromatic hydroxyl groups is 1. The Labute approximate surface area is 299 Å². The number of hydrogen-bond acceptors (Lipinski definition) is 7. The van der Waals surface area contributed by atoms with E-state index in [4.69, 9.17) is 4.74 Å². The average Bonchev–Trinajstić information content (AvgIpc) is 3.60. The second-order valence-corrected chi connectivity index (χ2v) is 13.9. The molecule has 3 aromatic carbocycles. The maximum absolute atomic E-state index is 14.7. The van der Waals surface area contributed by atoms with E-state index in [1.807, 2.05) is 60.7 Å². The highest BCUT2D eigenvalue weighted by Crippen LogP contribution is 2.23. The molecule has 1 fully saturated rings. The zero-order chi connectivity index (χ0) is 37.3. The number of likely N-dealkylation sites (N-methyl/N-ethyl adjacent to an activating group) is 2. The van der Waals surface area contributed by atoms with Crippen LogP contribution in [0.15, 0.2) is 84.9 Å². The first kappa shape index (κ1) is 38.4. The van der Waals surface area contributed by atoms with Gasteiger partial charge in [0.05, 0.1) is 0 Å². The molecular formula is C39H48N4O8. The van der Waals surface area contributed by atoms with Crippen molar-refractivity contribution in [3.63, 3.8) is 0 Å². The van der Waals surface area contributed by atoms with Crippen LogP contribution >= 0.6 is 0 Å². The molecule has 1 aliphatic heterocycles. The van der Waals surface area contributed by atoms with Crippen molar-refractivity contribution in [2.24, 2.45) is 0 Å². The largest absolute Gasteiger partial charge is 0.508 e. The minimum Gasteiger partial charge on any atom is -0.508 e. The zero-order valence-corrected chi connectivity index (χ0v) is 29.8. The van der Waals surface area contributed by atoms with E-state index < -0.39 is 59.6 Å². The molecule has 51 heavy (non-hydrogen) atoms. The third-order valence-electron chi connectivity index (χ3n) is 8.93. The van der Waals surface area contributed by atoms with Crippen molar-refractivity contribution in [3.05, 3.63) is 102 Å². The van der Waals surface area contributed by atoms with Crippen LogP contribution in [0, 0.1) is 0 Å². The van der Waals surface area contributed by atoms with E-state index in [1.54, 1.807) is 32.9 Å². The summed E-state index contributed by atoms with van der Waals surface area (Å²) in [6, 6.07) is 20.2. The lowest BCUT2D eigenvalue weighted by Gasteiger charge is -2.37. The van der Waals surface area contributed by atoms with Crippen LogP contribution in [0.25, 0.3) is 0 Å². The Kier molecular flexibility index (Phi) is 12.8. The van der Waals surface area contributed by atoms with Crippen LogP contribution in [0.4, 0.5) is 4.79 Å². The molecule has 0 saturated carbocycles. The minimum atomic E-state index is -1.16. The molecule has 0 unspecified atom stereocenters. The van der Waals surface area contributed by atoms with E-state index in [-0.39, 0.29) is 31.6 Å². The molecule has 0 bridgehead atoms. The van der Waals surface area contributed by atoms with Gasteiger partial charge in [0.15, 0.2) is 0 Å².